The van der Waals surface area contributed by atoms with Gasteiger partial charge in [0, 0.05) is 913 Å². The van der Waals surface area contributed by atoms with Crippen LogP contribution >= 0.6 is 36.0 Å². The van der Waals surface area contributed by atoms with Crippen LogP contribution in [0.1, 0.15) is 22.3 Å². The average molecular weight is 3600 g/mol. The van der Waals surface area contributed by atoms with Gasteiger partial charge in [0.25, 0.3) is 5.24 Å². The first kappa shape index (κ1) is 149. The summed E-state index contributed by atoms with van der Waals surface area (Å²) in [4.78, 5) is 26.3. The van der Waals surface area contributed by atoms with E-state index >= 15 is 0 Å². The molecule has 0 saturated carbocycles. The summed E-state index contributed by atoms with van der Waals surface area (Å²) < 4.78 is 0. The number of thiol groups is 1. The standard InChI is InChI=1S/C11H15NOS.C8H10S.C3H6ClNO.S98/c1-8-5-6-9(2)10(7-8)14-11(13)12(3)4;1-6-3-4-7(2)8(9)5-6;1-5(2)3(4)6;1-3-5-7-9-11-13-15-17-19-21-23-25-27-29-31-33-35-37-39-41-43-45-47-49-51-53-55-57-59-61-63-65-67-69-71-73-75-77-79-81-83-85-87-89-91-93-95-97-98-96-94-92-90-88-86-84-82-80-78-76-74-72-70-68-66-64-62-60-58-56-54-52-50-48-46-44-42-40-38-36-34-32-30-28-26-24-22-20-18-16-14-12-10-8-6-4-2/h5-7H,1-4H3;3-5,9H,1-2H3;1-2H3;. The molecule has 105 heteroatoms. The van der Waals surface area contributed by atoms with Crippen LogP contribution in [0.3, 0.4) is 0 Å². The van der Waals surface area contributed by atoms with Crippen molar-refractivity contribution in [1.29, 1.82) is 0 Å². The molecule has 127 heavy (non-hydrogen) atoms. The van der Waals surface area contributed by atoms with E-state index < -0.39 is 5.37 Å². The Morgan fingerprint density at radius 3 is 0.457 bits per heavy atom. The Morgan fingerprint density at radius 2 is 0.346 bits per heavy atom. The van der Waals surface area contributed by atoms with Gasteiger partial charge in [0.15, 0.2) is 0 Å². The first-order valence-corrected chi connectivity index (χ1v) is 156. The number of hydrogen-bond donors (Lipinski definition) is 1. The zero-order chi connectivity index (χ0) is 92.6. The summed E-state index contributed by atoms with van der Waals surface area (Å²) in [6.45, 7) is 8.18. The number of carbonyl (C=O) groups excluding carboxylic acids is 2. The van der Waals surface area contributed by atoms with Gasteiger partial charge in [0.1, 0.15) is 0 Å². The Labute approximate surface area is 1030 Å². The molecule has 0 N–H and O–H groups in total. The number of hydrogen-bond acceptors (Lipinski definition) is 6. The molecular weight excluding hydrogens is 3570 g/mol. The van der Waals surface area contributed by atoms with Gasteiger partial charge in [-0.05, 0) is 79.9 Å². The molecule has 0 bridgehead atoms. The fourth-order valence-electron chi connectivity index (χ4n) is 2.79. The van der Waals surface area contributed by atoms with Crippen molar-refractivity contribution in [3.63, 3.8) is 0 Å². The van der Waals surface area contributed by atoms with Crippen LogP contribution in [0.25, 0.3) is 0 Å². The molecule has 0 heterocycles. The highest BCUT2D eigenvalue weighted by atomic mass is 35.5. The SMILES string of the molecule is CN(C)C(=O)Cl.Cc1ccc(C)c(S)c1.Cc1ccc(C)c(SC(=O)N(C)C)c1.S=S=S=S=S=S=S=S=S=S=S=S=S=S=S=S=S=S=S=S=S=S=S=S=S=S=S=S=S=S=S=S=S=S=S=S=S=S=S=S=S=S=S=S=S=S=S=S=S=S=S=S=S=S=S=S=S=S=S=S=S=S=S=S=S=S=S=S=S=S=S=S=S=S=S=S=S=S=S=S=S=S=S=S=S=S=S=S=S=S=S=S=S=S=S=S=S=S. The van der Waals surface area contributed by atoms with Crippen LogP contribution in [-0.2, 0) is 875 Å². The second-order valence-corrected chi connectivity index (χ2v) is 185. The minimum atomic E-state index is -0.435. The smallest absolute Gasteiger partial charge is 0.315 e. The maximum absolute atomic E-state index is 11.5. The average Bonchev–Trinajstić information content (AvgIpc) is 0.872. The summed E-state index contributed by atoms with van der Waals surface area (Å²) in [7, 11) is 180. The highest BCUT2D eigenvalue weighted by molar-refractivity contribution is 8.87. The van der Waals surface area contributed by atoms with E-state index in [2.05, 4.69) is 50.7 Å². The fraction of sp³-hybridized carbons (Fsp3) is 0.364. The lowest BCUT2D eigenvalue weighted by atomic mass is 10.2. The maximum atomic E-state index is 11.5. The second kappa shape index (κ2) is 131. The third kappa shape index (κ3) is 129. The van der Waals surface area contributed by atoms with E-state index in [1.54, 1.807) is 140 Å². The first-order chi connectivity index (χ1) is 62.3. The molecule has 2 aromatic rings. The molecule has 0 spiro atoms. The van der Waals surface area contributed by atoms with Crippen molar-refractivity contribution in [2.24, 2.45) is 0 Å². The summed E-state index contributed by atoms with van der Waals surface area (Å²) in [5.41, 5.74) is 4.84. The number of rotatable bonds is 1. The van der Waals surface area contributed by atoms with Crippen molar-refractivity contribution in [1.82, 2.24) is 9.80 Å². The fourth-order valence-corrected chi connectivity index (χ4v) is 262. The zero-order valence-electron chi connectivity index (χ0n) is 58.4. The molecule has 4 nitrogen and oxygen atoms in total. The van der Waals surface area contributed by atoms with Crippen molar-refractivity contribution >= 4 is 922 Å². The summed E-state index contributed by atoms with van der Waals surface area (Å²) in [5, 5.41) is -0.367. The van der Waals surface area contributed by atoms with Crippen LogP contribution in [0.5, 0.6) is 0 Å². The molecule has 0 fully saturated rings. The number of benzene rings is 2. The van der Waals surface area contributed by atoms with E-state index in [0.717, 1.165) is 15.4 Å². The van der Waals surface area contributed by atoms with Crippen LogP contribution in [-0.4, -0.2) is 48.6 Å². The molecule has 0 atom stereocenters. The summed E-state index contributed by atoms with van der Waals surface area (Å²) in [5.74, 6) is 0. The van der Waals surface area contributed by atoms with E-state index in [-0.39, 0.29) is 5.24 Å². The monoisotopic (exact) mass is 3590 g/mol. The van der Waals surface area contributed by atoms with E-state index in [1.807, 2.05) is 754 Å². The molecule has 0 radical (unpaired) electrons. The lowest BCUT2D eigenvalue weighted by Crippen LogP contribution is -2.16. The topological polar surface area (TPSA) is 40.6 Å². The molecule has 748 valence electrons. The van der Waals surface area contributed by atoms with E-state index in [9.17, 15) is 9.59 Å². The van der Waals surface area contributed by atoms with Gasteiger partial charge in [-0.25, -0.2) is 0 Å². The van der Waals surface area contributed by atoms with Crippen LogP contribution in [0.2, 0.25) is 0 Å². The molecule has 2 amide bonds. The van der Waals surface area contributed by atoms with Crippen molar-refractivity contribution in [2.75, 3.05) is 28.2 Å². The minimum absolute atomic E-state index is 0.0682. The number of amides is 2. The molecule has 0 aliphatic rings. The molecule has 0 unspecified atom stereocenters. The number of carbonyl (C=O) groups is 2. The van der Waals surface area contributed by atoms with E-state index in [0.29, 0.717) is 0 Å². The lowest BCUT2D eigenvalue weighted by molar-refractivity contribution is 0.239. The minimum Gasteiger partial charge on any atom is -0.339 e. The third-order valence-electron chi connectivity index (χ3n) is 6.26. The maximum Gasteiger partial charge on any atom is 0.315 e. The van der Waals surface area contributed by atoms with Gasteiger partial charge in [-0.3, -0.25) is 9.59 Å². The summed E-state index contributed by atoms with van der Waals surface area (Å²) in [6.07, 6.45) is 0. The number of thioether (sulfide) groups is 1. The van der Waals surface area contributed by atoms with Gasteiger partial charge in [-0.2, -0.15) is 0 Å². The van der Waals surface area contributed by atoms with Gasteiger partial charge in [0.05, 0.1) is 0 Å². The van der Waals surface area contributed by atoms with Gasteiger partial charge in [-0.15, -0.1) is 12.6 Å². The Kier molecular flexibility index (Phi) is 154. The summed E-state index contributed by atoms with van der Waals surface area (Å²) >= 11 is 20.1. The highest BCUT2D eigenvalue weighted by Gasteiger charge is 2.08. The van der Waals surface area contributed by atoms with Crippen molar-refractivity contribution in [3.8, 4) is 0 Å². The van der Waals surface area contributed by atoms with Crippen LogP contribution < -0.4 is 0 Å². The van der Waals surface area contributed by atoms with Gasteiger partial charge >= 0.3 is 5.37 Å². The number of aryl methyl sites for hydroxylation is 4. The molecule has 2 rings (SSSR count). The highest BCUT2D eigenvalue weighted by Crippen LogP contribution is 2.25. The molecule has 0 aliphatic carbocycles. The van der Waals surface area contributed by atoms with Crippen LogP contribution in [0.15, 0.2) is 46.2 Å². The largest absolute Gasteiger partial charge is 0.339 e. The Morgan fingerprint density at radius 1 is 0.220 bits per heavy atom. The molecule has 0 aromatic heterocycles. The Bertz CT molecular complexity index is 8830. The first-order valence-electron chi connectivity index (χ1n) is 25.1. The van der Waals surface area contributed by atoms with E-state index in [4.69, 9.17) is 34.0 Å². The Balaban J connectivity index is 0. The van der Waals surface area contributed by atoms with Crippen molar-refractivity contribution in [2.45, 2.75) is 37.5 Å². The van der Waals surface area contributed by atoms with Gasteiger partial charge in [0.2, 0.25) is 0 Å². The normalized spacial score (nSPS) is 8.24. The van der Waals surface area contributed by atoms with Crippen LogP contribution in [0, 0.1) is 27.7 Å². The Hall–Kier alpha value is 19.9. The molecule has 2 aromatic carbocycles. The van der Waals surface area contributed by atoms with Gasteiger partial charge < -0.3 is 9.80 Å². The number of halogens is 1. The van der Waals surface area contributed by atoms with E-state index in [1.165, 1.54) is 51.1 Å². The van der Waals surface area contributed by atoms with Crippen LogP contribution in [0.4, 0.5) is 9.59 Å². The van der Waals surface area contributed by atoms with Crippen molar-refractivity contribution in [3.05, 3.63) is 58.7 Å². The van der Waals surface area contributed by atoms with Gasteiger partial charge in [-0.1, -0.05) is 29.8 Å². The zero-order valence-corrected chi connectivity index (χ0v) is 141. The predicted octanol–water partition coefficient (Wildman–Crippen LogP) is 6.34. The number of nitrogens with zero attached hydrogens (tertiary/aromatic N) is 2. The third-order valence-corrected chi connectivity index (χ3v) is 219. The quantitative estimate of drug-likeness (QED) is 0.157. The summed E-state index contributed by atoms with van der Waals surface area (Å²) in [6, 6.07) is 12.4. The molecule has 0 aliphatic heterocycles. The molecular formula is C22H31ClN2O2S100. The van der Waals surface area contributed by atoms with Crippen molar-refractivity contribution < 1.29 is 9.59 Å². The molecule has 0 saturated heterocycles. The second-order valence-electron chi connectivity index (χ2n) is 13.5. The lowest BCUT2D eigenvalue weighted by Gasteiger charge is -2.11. The predicted molar refractivity (Wildman–Crippen MR) is 851 cm³/mol.